The van der Waals surface area contributed by atoms with Crippen LogP contribution in [-0.4, -0.2) is 7.11 Å². The summed E-state index contributed by atoms with van der Waals surface area (Å²) in [5, 5.41) is 0. The first-order valence-corrected chi connectivity index (χ1v) is 3.65. The lowest BCUT2D eigenvalue weighted by Gasteiger charge is -2.06. The molecule has 0 unspecified atom stereocenters. The van der Waals surface area contributed by atoms with Crippen molar-refractivity contribution < 1.29 is 9.13 Å². The molecule has 0 N–H and O–H groups in total. The zero-order valence-corrected chi connectivity index (χ0v) is 7.23. The van der Waals surface area contributed by atoms with Crippen LogP contribution in [0.15, 0.2) is 18.7 Å². The molecule has 1 rings (SSSR count). The van der Waals surface area contributed by atoms with Gasteiger partial charge >= 0.3 is 0 Å². The zero-order valence-electron chi connectivity index (χ0n) is 7.23. The zero-order chi connectivity index (χ0) is 9.14. The number of rotatable bonds is 2. The van der Waals surface area contributed by atoms with Crippen molar-refractivity contribution in [3.05, 3.63) is 35.7 Å². The van der Waals surface area contributed by atoms with E-state index in [0.29, 0.717) is 11.3 Å². The maximum Gasteiger partial charge on any atom is 0.134 e. The third-order valence-electron chi connectivity index (χ3n) is 1.66. The fraction of sp³-hybridized carbons (Fsp3) is 0.200. The lowest BCUT2D eigenvalue weighted by Crippen LogP contribution is -1.91. The number of benzene rings is 1. The number of methoxy groups -OCH3 is 1. The van der Waals surface area contributed by atoms with E-state index in [1.807, 2.05) is 6.92 Å². The third-order valence-corrected chi connectivity index (χ3v) is 1.66. The molecule has 0 fully saturated rings. The Kier molecular flexibility index (Phi) is 2.48. The van der Waals surface area contributed by atoms with Gasteiger partial charge < -0.3 is 4.74 Å². The van der Waals surface area contributed by atoms with E-state index in [0.717, 1.165) is 5.56 Å². The average molecular weight is 166 g/mol. The van der Waals surface area contributed by atoms with Crippen LogP contribution in [0.4, 0.5) is 4.39 Å². The van der Waals surface area contributed by atoms with Gasteiger partial charge in [0.25, 0.3) is 0 Å². The molecule has 0 aromatic heterocycles. The van der Waals surface area contributed by atoms with Gasteiger partial charge in [0.2, 0.25) is 0 Å². The van der Waals surface area contributed by atoms with Crippen LogP contribution in [0, 0.1) is 12.7 Å². The second-order valence-electron chi connectivity index (χ2n) is 2.57. The molecule has 1 aromatic carbocycles. The average Bonchev–Trinajstić information content (AvgIpc) is 2.03. The maximum atomic E-state index is 13.1. The van der Waals surface area contributed by atoms with Gasteiger partial charge in [0.1, 0.15) is 11.6 Å². The molecule has 64 valence electrons. The largest absolute Gasteiger partial charge is 0.496 e. The van der Waals surface area contributed by atoms with Crippen molar-refractivity contribution in [2.24, 2.45) is 0 Å². The Balaban J connectivity index is 3.33. The first-order valence-electron chi connectivity index (χ1n) is 3.65. The van der Waals surface area contributed by atoms with Gasteiger partial charge in [-0.1, -0.05) is 12.7 Å². The molecule has 0 atom stereocenters. The Morgan fingerprint density at radius 2 is 2.17 bits per heavy atom. The lowest BCUT2D eigenvalue weighted by molar-refractivity contribution is 0.409. The number of ether oxygens (including phenoxy) is 1. The fourth-order valence-corrected chi connectivity index (χ4v) is 1.09. The summed E-state index contributed by atoms with van der Waals surface area (Å²) < 4.78 is 18.1. The van der Waals surface area contributed by atoms with E-state index in [4.69, 9.17) is 4.74 Å². The molecule has 0 aliphatic carbocycles. The predicted molar refractivity (Wildman–Crippen MR) is 47.8 cm³/mol. The quantitative estimate of drug-likeness (QED) is 0.656. The van der Waals surface area contributed by atoms with Crippen molar-refractivity contribution >= 4 is 6.08 Å². The van der Waals surface area contributed by atoms with Crippen molar-refractivity contribution in [1.29, 1.82) is 0 Å². The molecule has 0 aliphatic rings. The second kappa shape index (κ2) is 3.39. The highest BCUT2D eigenvalue weighted by Crippen LogP contribution is 2.24. The number of halogens is 1. The number of aryl methyl sites for hydroxylation is 1. The Bertz CT molecular complexity index is 305. The fourth-order valence-electron chi connectivity index (χ4n) is 1.09. The Morgan fingerprint density at radius 1 is 1.50 bits per heavy atom. The van der Waals surface area contributed by atoms with Crippen molar-refractivity contribution in [2.45, 2.75) is 6.92 Å². The van der Waals surface area contributed by atoms with Gasteiger partial charge in [0.05, 0.1) is 12.7 Å². The SMILES string of the molecule is C=Cc1c(F)cc(C)cc1OC. The molecule has 0 spiro atoms. The van der Waals surface area contributed by atoms with Gasteiger partial charge in [-0.3, -0.25) is 0 Å². The summed E-state index contributed by atoms with van der Waals surface area (Å²) in [6.07, 6.45) is 1.45. The van der Waals surface area contributed by atoms with Crippen LogP contribution < -0.4 is 4.74 Å². The summed E-state index contributed by atoms with van der Waals surface area (Å²) >= 11 is 0. The molecule has 2 heteroatoms. The van der Waals surface area contributed by atoms with Crippen LogP contribution >= 0.6 is 0 Å². The van der Waals surface area contributed by atoms with Crippen LogP contribution in [0.2, 0.25) is 0 Å². The minimum Gasteiger partial charge on any atom is -0.496 e. The summed E-state index contributed by atoms with van der Waals surface area (Å²) in [6.45, 7) is 5.33. The molecule has 0 radical (unpaired) electrons. The maximum absolute atomic E-state index is 13.1. The highest BCUT2D eigenvalue weighted by Gasteiger charge is 2.05. The van der Waals surface area contributed by atoms with Crippen LogP contribution in [-0.2, 0) is 0 Å². The van der Waals surface area contributed by atoms with E-state index in [1.165, 1.54) is 19.3 Å². The van der Waals surface area contributed by atoms with E-state index in [1.54, 1.807) is 6.07 Å². The molecule has 0 bridgehead atoms. The molecule has 0 amide bonds. The van der Waals surface area contributed by atoms with Crippen molar-refractivity contribution in [2.75, 3.05) is 7.11 Å². The van der Waals surface area contributed by atoms with E-state index >= 15 is 0 Å². The van der Waals surface area contributed by atoms with E-state index in [2.05, 4.69) is 6.58 Å². The molecule has 0 saturated heterocycles. The molecule has 1 nitrogen and oxygen atoms in total. The summed E-state index contributed by atoms with van der Waals surface area (Å²) in [5.41, 5.74) is 1.26. The number of hydrogen-bond acceptors (Lipinski definition) is 1. The monoisotopic (exact) mass is 166 g/mol. The molecular weight excluding hydrogens is 155 g/mol. The van der Waals surface area contributed by atoms with Gasteiger partial charge in [0, 0.05) is 0 Å². The summed E-state index contributed by atoms with van der Waals surface area (Å²) in [5.74, 6) is 0.240. The van der Waals surface area contributed by atoms with Gasteiger partial charge in [-0.2, -0.15) is 0 Å². The molecule has 0 aliphatic heterocycles. The van der Waals surface area contributed by atoms with E-state index < -0.39 is 0 Å². The smallest absolute Gasteiger partial charge is 0.134 e. The number of hydrogen-bond donors (Lipinski definition) is 0. The van der Waals surface area contributed by atoms with Gasteiger partial charge in [-0.05, 0) is 24.6 Å². The first-order chi connectivity index (χ1) is 5.69. The van der Waals surface area contributed by atoms with E-state index in [-0.39, 0.29) is 5.82 Å². The van der Waals surface area contributed by atoms with Gasteiger partial charge in [-0.25, -0.2) is 4.39 Å². The molecule has 0 heterocycles. The van der Waals surface area contributed by atoms with Crippen LogP contribution in [0.1, 0.15) is 11.1 Å². The second-order valence-corrected chi connectivity index (χ2v) is 2.57. The van der Waals surface area contributed by atoms with Crippen molar-refractivity contribution in [3.63, 3.8) is 0 Å². The Morgan fingerprint density at radius 3 is 2.67 bits per heavy atom. The van der Waals surface area contributed by atoms with Crippen LogP contribution in [0.5, 0.6) is 5.75 Å². The normalized spacial score (nSPS) is 9.58. The standard InChI is InChI=1S/C10H11FO/c1-4-8-9(11)5-7(2)6-10(8)12-3/h4-6H,1H2,2-3H3. The topological polar surface area (TPSA) is 9.23 Å². The minimum absolute atomic E-state index is 0.290. The summed E-state index contributed by atoms with van der Waals surface area (Å²) in [7, 11) is 1.52. The summed E-state index contributed by atoms with van der Waals surface area (Å²) in [4.78, 5) is 0. The predicted octanol–water partition coefficient (Wildman–Crippen LogP) is 2.79. The Labute approximate surface area is 71.5 Å². The molecular formula is C10H11FO. The van der Waals surface area contributed by atoms with Gasteiger partial charge in [-0.15, -0.1) is 0 Å². The summed E-state index contributed by atoms with van der Waals surface area (Å²) in [6, 6.07) is 3.24. The van der Waals surface area contributed by atoms with Crippen molar-refractivity contribution in [1.82, 2.24) is 0 Å². The molecule has 0 saturated carbocycles. The van der Waals surface area contributed by atoms with Crippen molar-refractivity contribution in [3.8, 4) is 5.75 Å². The molecule has 1 aromatic rings. The first kappa shape index (κ1) is 8.78. The van der Waals surface area contributed by atoms with E-state index in [9.17, 15) is 4.39 Å². The third kappa shape index (κ3) is 1.47. The highest BCUT2D eigenvalue weighted by molar-refractivity contribution is 5.57. The van der Waals surface area contributed by atoms with Gasteiger partial charge in [0.15, 0.2) is 0 Å². The molecule has 12 heavy (non-hydrogen) atoms. The van der Waals surface area contributed by atoms with Crippen LogP contribution in [0.3, 0.4) is 0 Å². The lowest BCUT2D eigenvalue weighted by atomic mass is 10.1. The highest BCUT2D eigenvalue weighted by atomic mass is 19.1. The van der Waals surface area contributed by atoms with Crippen LogP contribution in [0.25, 0.3) is 6.08 Å². The Hall–Kier alpha value is -1.31. The minimum atomic E-state index is -0.290.